The largest absolute Gasteiger partial charge is 0.472 e. The Balaban J connectivity index is 2.27. The van der Waals surface area contributed by atoms with Gasteiger partial charge >= 0.3 is 0 Å². The van der Waals surface area contributed by atoms with Gasteiger partial charge in [0, 0.05) is 6.07 Å². The molecule has 2 rings (SSSR count). The molecule has 6 heteroatoms. The van der Waals surface area contributed by atoms with Crippen molar-refractivity contribution in [2.75, 3.05) is 5.32 Å². The second-order valence-corrected chi connectivity index (χ2v) is 3.67. The number of rotatable bonds is 3. The Kier molecular flexibility index (Phi) is 3.09. The average Bonchev–Trinajstić information content (AvgIpc) is 2.85. The van der Waals surface area contributed by atoms with Crippen LogP contribution in [0.1, 0.15) is 15.9 Å². The van der Waals surface area contributed by atoms with E-state index in [0.717, 1.165) is 0 Å². The van der Waals surface area contributed by atoms with Crippen molar-refractivity contribution in [3.8, 4) is 0 Å². The number of anilines is 1. The number of nitro groups is 1. The number of nitrogens with zero attached hydrogens (tertiary/aromatic N) is 1. The van der Waals surface area contributed by atoms with E-state index >= 15 is 0 Å². The zero-order valence-electron chi connectivity index (χ0n) is 9.54. The van der Waals surface area contributed by atoms with Gasteiger partial charge in [0.05, 0.1) is 28.0 Å². The Morgan fingerprint density at radius 2 is 2.17 bits per heavy atom. The highest BCUT2D eigenvalue weighted by molar-refractivity contribution is 6.04. The maximum absolute atomic E-state index is 11.8. The van der Waals surface area contributed by atoms with Gasteiger partial charge in [0.1, 0.15) is 6.26 Å². The minimum Gasteiger partial charge on any atom is -0.472 e. The highest BCUT2D eigenvalue weighted by atomic mass is 16.6. The van der Waals surface area contributed by atoms with Crippen molar-refractivity contribution in [1.82, 2.24) is 0 Å². The van der Waals surface area contributed by atoms with Gasteiger partial charge in [-0.15, -0.1) is 0 Å². The first-order valence-electron chi connectivity index (χ1n) is 5.17. The molecule has 0 radical (unpaired) electrons. The number of nitrogens with one attached hydrogen (secondary N) is 1. The van der Waals surface area contributed by atoms with Crippen LogP contribution >= 0.6 is 0 Å². The first-order chi connectivity index (χ1) is 8.59. The SMILES string of the molecule is Cc1c(NC(=O)c2ccoc2)cccc1[N+](=O)[O-]. The molecule has 0 aliphatic heterocycles. The van der Waals surface area contributed by atoms with Crippen LogP contribution in [0.2, 0.25) is 0 Å². The minimum absolute atomic E-state index is 0.0278. The second-order valence-electron chi connectivity index (χ2n) is 3.67. The van der Waals surface area contributed by atoms with E-state index in [9.17, 15) is 14.9 Å². The lowest BCUT2D eigenvalue weighted by atomic mass is 10.1. The summed E-state index contributed by atoms with van der Waals surface area (Å²) in [7, 11) is 0. The third-order valence-electron chi connectivity index (χ3n) is 2.53. The number of nitro benzene ring substituents is 1. The molecule has 0 spiro atoms. The van der Waals surface area contributed by atoms with E-state index in [-0.39, 0.29) is 11.6 Å². The minimum atomic E-state index is -0.483. The normalized spacial score (nSPS) is 10.1. The summed E-state index contributed by atoms with van der Waals surface area (Å²) in [6.45, 7) is 1.59. The van der Waals surface area contributed by atoms with Crippen LogP contribution in [0.4, 0.5) is 11.4 Å². The van der Waals surface area contributed by atoms with Crippen LogP contribution in [-0.4, -0.2) is 10.8 Å². The highest BCUT2D eigenvalue weighted by Gasteiger charge is 2.15. The fraction of sp³-hybridized carbons (Fsp3) is 0.0833. The molecule has 0 fully saturated rings. The lowest BCUT2D eigenvalue weighted by molar-refractivity contribution is -0.385. The van der Waals surface area contributed by atoms with Crippen molar-refractivity contribution in [1.29, 1.82) is 0 Å². The molecule has 1 aromatic carbocycles. The van der Waals surface area contributed by atoms with Gasteiger partial charge in [-0.05, 0) is 19.1 Å². The highest BCUT2D eigenvalue weighted by Crippen LogP contribution is 2.25. The number of carbonyl (C=O) groups excluding carboxylic acids is 1. The average molecular weight is 246 g/mol. The van der Waals surface area contributed by atoms with E-state index in [4.69, 9.17) is 4.42 Å². The lowest BCUT2D eigenvalue weighted by Gasteiger charge is -2.07. The first kappa shape index (κ1) is 11.8. The van der Waals surface area contributed by atoms with Gasteiger partial charge in [-0.2, -0.15) is 0 Å². The molecule has 0 saturated heterocycles. The van der Waals surface area contributed by atoms with Crippen molar-refractivity contribution in [3.63, 3.8) is 0 Å². The third kappa shape index (κ3) is 2.22. The molecule has 0 bridgehead atoms. The van der Waals surface area contributed by atoms with Gasteiger partial charge in [-0.3, -0.25) is 14.9 Å². The van der Waals surface area contributed by atoms with E-state index in [0.29, 0.717) is 16.8 Å². The van der Waals surface area contributed by atoms with Crippen LogP contribution in [-0.2, 0) is 0 Å². The maximum Gasteiger partial charge on any atom is 0.274 e. The van der Waals surface area contributed by atoms with Gasteiger partial charge in [-0.25, -0.2) is 0 Å². The topological polar surface area (TPSA) is 85.4 Å². The van der Waals surface area contributed by atoms with Crippen LogP contribution in [0.25, 0.3) is 0 Å². The Hall–Kier alpha value is -2.63. The standard InChI is InChI=1S/C12H10N2O4/c1-8-10(3-2-4-11(8)14(16)17)13-12(15)9-5-6-18-7-9/h2-7H,1H3,(H,13,15). The second kappa shape index (κ2) is 4.70. The Morgan fingerprint density at radius 1 is 1.39 bits per heavy atom. The summed E-state index contributed by atoms with van der Waals surface area (Å²) in [5.74, 6) is -0.368. The molecule has 0 saturated carbocycles. The molecule has 2 aromatic rings. The van der Waals surface area contributed by atoms with Crippen molar-refractivity contribution >= 4 is 17.3 Å². The molecule has 0 aliphatic rings. The van der Waals surface area contributed by atoms with Crippen LogP contribution < -0.4 is 5.32 Å². The molecule has 1 amide bonds. The number of benzene rings is 1. The Bertz CT molecular complexity index is 590. The summed E-state index contributed by atoms with van der Waals surface area (Å²) in [6.07, 6.45) is 2.69. The zero-order chi connectivity index (χ0) is 13.1. The van der Waals surface area contributed by atoms with Crippen LogP contribution in [0.5, 0.6) is 0 Å². The molecule has 1 heterocycles. The van der Waals surface area contributed by atoms with E-state index in [2.05, 4.69) is 5.32 Å². The Morgan fingerprint density at radius 3 is 2.78 bits per heavy atom. The summed E-state index contributed by atoms with van der Waals surface area (Å²) in [5, 5.41) is 13.4. The quantitative estimate of drug-likeness (QED) is 0.666. The fourth-order valence-corrected chi connectivity index (χ4v) is 1.54. The molecule has 6 nitrogen and oxygen atoms in total. The predicted molar refractivity (Wildman–Crippen MR) is 64.5 cm³/mol. The van der Waals surface area contributed by atoms with Crippen molar-refractivity contribution in [2.45, 2.75) is 6.92 Å². The predicted octanol–water partition coefficient (Wildman–Crippen LogP) is 2.75. The molecule has 0 unspecified atom stereocenters. The van der Waals surface area contributed by atoms with E-state index in [1.165, 1.54) is 30.7 Å². The van der Waals surface area contributed by atoms with E-state index in [1.54, 1.807) is 13.0 Å². The molecule has 92 valence electrons. The van der Waals surface area contributed by atoms with Gasteiger partial charge in [-0.1, -0.05) is 6.07 Å². The van der Waals surface area contributed by atoms with Crippen LogP contribution in [0.3, 0.4) is 0 Å². The number of amides is 1. The number of hydrogen-bond acceptors (Lipinski definition) is 4. The number of furan rings is 1. The fourth-order valence-electron chi connectivity index (χ4n) is 1.54. The summed E-state index contributed by atoms with van der Waals surface area (Å²) >= 11 is 0. The lowest BCUT2D eigenvalue weighted by Crippen LogP contribution is -2.12. The summed E-state index contributed by atoms with van der Waals surface area (Å²) < 4.78 is 4.80. The van der Waals surface area contributed by atoms with E-state index < -0.39 is 4.92 Å². The Labute approximate surface area is 102 Å². The zero-order valence-corrected chi connectivity index (χ0v) is 9.54. The van der Waals surface area contributed by atoms with Gasteiger partial charge in [0.25, 0.3) is 11.6 Å². The first-order valence-corrected chi connectivity index (χ1v) is 5.17. The summed E-state index contributed by atoms with van der Waals surface area (Å²) in [6, 6.07) is 6.04. The molecule has 0 aliphatic carbocycles. The van der Waals surface area contributed by atoms with Crippen molar-refractivity contribution < 1.29 is 14.1 Å². The van der Waals surface area contributed by atoms with E-state index in [1.807, 2.05) is 0 Å². The third-order valence-corrected chi connectivity index (χ3v) is 2.53. The van der Waals surface area contributed by atoms with Crippen molar-refractivity contribution in [3.05, 3.63) is 58.0 Å². The molecule has 18 heavy (non-hydrogen) atoms. The van der Waals surface area contributed by atoms with Gasteiger partial charge < -0.3 is 9.73 Å². The summed E-state index contributed by atoms with van der Waals surface area (Å²) in [5.41, 5.74) is 1.16. The van der Waals surface area contributed by atoms with Gasteiger partial charge in [0.15, 0.2) is 0 Å². The van der Waals surface area contributed by atoms with Crippen LogP contribution in [0, 0.1) is 17.0 Å². The number of hydrogen-bond donors (Lipinski definition) is 1. The molecular weight excluding hydrogens is 236 g/mol. The smallest absolute Gasteiger partial charge is 0.274 e. The molecule has 0 atom stereocenters. The van der Waals surface area contributed by atoms with Gasteiger partial charge in [0.2, 0.25) is 0 Å². The molecule has 1 aromatic heterocycles. The monoisotopic (exact) mass is 246 g/mol. The molecular formula is C12H10N2O4. The maximum atomic E-state index is 11.8. The van der Waals surface area contributed by atoms with Crippen molar-refractivity contribution in [2.24, 2.45) is 0 Å². The summed E-state index contributed by atoms with van der Waals surface area (Å²) in [4.78, 5) is 22.1. The molecule has 1 N–H and O–H groups in total. The number of carbonyl (C=O) groups is 1. The van der Waals surface area contributed by atoms with Crippen LogP contribution in [0.15, 0.2) is 41.2 Å².